The van der Waals surface area contributed by atoms with E-state index in [0.29, 0.717) is 13.1 Å². The second kappa shape index (κ2) is 9.50. The van der Waals surface area contributed by atoms with Crippen LogP contribution in [-0.2, 0) is 17.9 Å². The molecule has 1 fully saturated rings. The summed E-state index contributed by atoms with van der Waals surface area (Å²) in [6.07, 6.45) is 1.79. The Labute approximate surface area is 149 Å². The van der Waals surface area contributed by atoms with E-state index >= 15 is 0 Å². The van der Waals surface area contributed by atoms with E-state index in [0.717, 1.165) is 25.3 Å². The topological polar surface area (TPSA) is 36.4 Å². The van der Waals surface area contributed by atoms with Crippen LogP contribution in [0.25, 0.3) is 0 Å². The molecular formula is C17H21Cl2N3O. The number of pyridine rings is 1. The lowest BCUT2D eigenvalue weighted by Crippen LogP contribution is -2.49. The second-order valence-electron chi connectivity index (χ2n) is 5.33. The highest BCUT2D eigenvalue weighted by atomic mass is 35.5. The Hall–Kier alpha value is -1.62. The van der Waals surface area contributed by atoms with Gasteiger partial charge in [-0.2, -0.15) is 0 Å². The molecule has 1 amide bonds. The highest BCUT2D eigenvalue weighted by molar-refractivity contribution is 5.85. The molecule has 0 N–H and O–H groups in total. The van der Waals surface area contributed by atoms with Crippen molar-refractivity contribution in [1.82, 2.24) is 14.8 Å². The van der Waals surface area contributed by atoms with Gasteiger partial charge in [0.1, 0.15) is 0 Å². The van der Waals surface area contributed by atoms with Gasteiger partial charge in [-0.3, -0.25) is 14.7 Å². The number of benzene rings is 1. The zero-order chi connectivity index (χ0) is 14.5. The summed E-state index contributed by atoms with van der Waals surface area (Å²) >= 11 is 0. The van der Waals surface area contributed by atoms with Crippen LogP contribution in [0.2, 0.25) is 0 Å². The van der Waals surface area contributed by atoms with Gasteiger partial charge in [-0.05, 0) is 17.7 Å². The zero-order valence-corrected chi connectivity index (χ0v) is 14.4. The molecule has 1 aromatic heterocycles. The molecule has 0 radical (unpaired) electrons. The Morgan fingerprint density at radius 3 is 2.30 bits per heavy atom. The standard InChI is InChI=1S/C17H19N3O.2ClH/c21-17-14-19(13-16-8-4-5-9-18-16)10-11-20(17)12-15-6-2-1-3-7-15;;/h1-9H,10-14H2;2*1H. The molecule has 4 nitrogen and oxygen atoms in total. The maximum atomic E-state index is 12.3. The van der Waals surface area contributed by atoms with Crippen molar-refractivity contribution in [2.75, 3.05) is 19.6 Å². The molecule has 0 saturated carbocycles. The fourth-order valence-electron chi connectivity index (χ4n) is 2.58. The lowest BCUT2D eigenvalue weighted by Gasteiger charge is -2.34. The molecule has 1 aliphatic rings. The number of halogens is 2. The second-order valence-corrected chi connectivity index (χ2v) is 5.33. The third-order valence-corrected chi connectivity index (χ3v) is 3.73. The molecule has 6 heteroatoms. The van der Waals surface area contributed by atoms with E-state index in [1.807, 2.05) is 41.3 Å². The van der Waals surface area contributed by atoms with Gasteiger partial charge < -0.3 is 4.90 Å². The highest BCUT2D eigenvalue weighted by Gasteiger charge is 2.23. The lowest BCUT2D eigenvalue weighted by molar-refractivity contribution is -0.136. The van der Waals surface area contributed by atoms with E-state index in [-0.39, 0.29) is 30.7 Å². The maximum absolute atomic E-state index is 12.3. The summed E-state index contributed by atoms with van der Waals surface area (Å²) in [6, 6.07) is 16.0. The van der Waals surface area contributed by atoms with Gasteiger partial charge in [0.25, 0.3) is 0 Å². The number of hydrogen-bond acceptors (Lipinski definition) is 3. The van der Waals surface area contributed by atoms with Crippen molar-refractivity contribution in [3.05, 3.63) is 66.0 Å². The van der Waals surface area contributed by atoms with E-state index in [2.05, 4.69) is 22.0 Å². The molecule has 0 aliphatic carbocycles. The predicted octanol–water partition coefficient (Wildman–Crippen LogP) is 2.77. The van der Waals surface area contributed by atoms with Crippen LogP contribution in [0.5, 0.6) is 0 Å². The zero-order valence-electron chi connectivity index (χ0n) is 12.8. The molecule has 2 heterocycles. The van der Waals surface area contributed by atoms with E-state index in [1.54, 1.807) is 6.20 Å². The summed E-state index contributed by atoms with van der Waals surface area (Å²) in [5, 5.41) is 0. The summed E-state index contributed by atoms with van der Waals surface area (Å²) < 4.78 is 0. The van der Waals surface area contributed by atoms with Crippen LogP contribution in [0.1, 0.15) is 11.3 Å². The van der Waals surface area contributed by atoms with Gasteiger partial charge >= 0.3 is 0 Å². The quantitative estimate of drug-likeness (QED) is 0.847. The first-order chi connectivity index (χ1) is 10.3. The lowest BCUT2D eigenvalue weighted by atomic mass is 10.2. The number of carbonyl (C=O) groups excluding carboxylic acids is 1. The molecule has 3 rings (SSSR count). The fourth-order valence-corrected chi connectivity index (χ4v) is 2.58. The van der Waals surface area contributed by atoms with Crippen molar-refractivity contribution >= 4 is 30.7 Å². The Morgan fingerprint density at radius 1 is 0.913 bits per heavy atom. The highest BCUT2D eigenvalue weighted by Crippen LogP contribution is 2.11. The van der Waals surface area contributed by atoms with Gasteiger partial charge in [-0.1, -0.05) is 36.4 Å². The predicted molar refractivity (Wildman–Crippen MR) is 95.9 cm³/mol. The van der Waals surface area contributed by atoms with Gasteiger partial charge in [0.15, 0.2) is 0 Å². The number of carbonyl (C=O) groups is 1. The van der Waals surface area contributed by atoms with Crippen LogP contribution in [-0.4, -0.2) is 40.3 Å². The summed E-state index contributed by atoms with van der Waals surface area (Å²) in [7, 11) is 0. The van der Waals surface area contributed by atoms with Crippen molar-refractivity contribution < 1.29 is 4.79 Å². The molecule has 1 aliphatic heterocycles. The summed E-state index contributed by atoms with van der Waals surface area (Å²) in [5.74, 6) is 0.195. The van der Waals surface area contributed by atoms with Crippen molar-refractivity contribution in [1.29, 1.82) is 0 Å². The monoisotopic (exact) mass is 353 g/mol. The molecule has 0 bridgehead atoms. The largest absolute Gasteiger partial charge is 0.336 e. The van der Waals surface area contributed by atoms with Gasteiger partial charge in [0, 0.05) is 32.4 Å². The van der Waals surface area contributed by atoms with Crippen LogP contribution in [0.3, 0.4) is 0 Å². The third-order valence-electron chi connectivity index (χ3n) is 3.73. The summed E-state index contributed by atoms with van der Waals surface area (Å²) in [5.41, 5.74) is 2.20. The molecular weight excluding hydrogens is 333 g/mol. The van der Waals surface area contributed by atoms with Crippen molar-refractivity contribution in [2.45, 2.75) is 13.1 Å². The van der Waals surface area contributed by atoms with Crippen LogP contribution in [0, 0.1) is 0 Å². The molecule has 0 unspecified atom stereocenters. The number of amides is 1. The molecule has 1 saturated heterocycles. The average Bonchev–Trinajstić information content (AvgIpc) is 2.52. The number of piperazine rings is 1. The SMILES string of the molecule is Cl.Cl.O=C1CN(Cc2ccccn2)CCN1Cc1ccccc1. The first kappa shape index (κ1) is 19.4. The smallest absolute Gasteiger partial charge is 0.237 e. The number of hydrogen-bond donors (Lipinski definition) is 0. The van der Waals surface area contributed by atoms with Crippen LogP contribution < -0.4 is 0 Å². The Kier molecular flexibility index (Phi) is 8.03. The van der Waals surface area contributed by atoms with Gasteiger partial charge in [-0.15, -0.1) is 24.8 Å². The minimum atomic E-state index is 0. The van der Waals surface area contributed by atoms with E-state index in [9.17, 15) is 4.79 Å². The number of rotatable bonds is 4. The minimum Gasteiger partial charge on any atom is -0.336 e. The Morgan fingerprint density at radius 2 is 1.65 bits per heavy atom. The summed E-state index contributed by atoms with van der Waals surface area (Å²) in [6.45, 7) is 3.60. The van der Waals surface area contributed by atoms with E-state index in [4.69, 9.17) is 0 Å². The molecule has 124 valence electrons. The molecule has 1 aromatic carbocycles. The van der Waals surface area contributed by atoms with E-state index < -0.39 is 0 Å². The van der Waals surface area contributed by atoms with Crippen LogP contribution in [0.4, 0.5) is 0 Å². The molecule has 2 aromatic rings. The third kappa shape index (κ3) is 5.50. The van der Waals surface area contributed by atoms with Gasteiger partial charge in [0.2, 0.25) is 5.91 Å². The Balaban J connectivity index is 0.00000132. The minimum absolute atomic E-state index is 0. The Bertz CT molecular complexity index is 595. The molecule has 0 spiro atoms. The van der Waals surface area contributed by atoms with Crippen LogP contribution >= 0.6 is 24.8 Å². The van der Waals surface area contributed by atoms with Crippen LogP contribution in [0.15, 0.2) is 54.7 Å². The van der Waals surface area contributed by atoms with Crippen molar-refractivity contribution in [3.8, 4) is 0 Å². The number of aromatic nitrogens is 1. The van der Waals surface area contributed by atoms with E-state index in [1.165, 1.54) is 5.56 Å². The maximum Gasteiger partial charge on any atom is 0.237 e. The molecule has 0 atom stereocenters. The average molecular weight is 354 g/mol. The van der Waals surface area contributed by atoms with Crippen molar-refractivity contribution in [2.24, 2.45) is 0 Å². The van der Waals surface area contributed by atoms with Gasteiger partial charge in [0.05, 0.1) is 12.2 Å². The molecule has 23 heavy (non-hydrogen) atoms. The first-order valence-corrected chi connectivity index (χ1v) is 7.25. The fraction of sp³-hybridized carbons (Fsp3) is 0.294. The normalized spacial score (nSPS) is 14.8. The number of nitrogens with zero attached hydrogens (tertiary/aromatic N) is 3. The first-order valence-electron chi connectivity index (χ1n) is 7.25. The van der Waals surface area contributed by atoms with Gasteiger partial charge in [-0.25, -0.2) is 0 Å². The summed E-state index contributed by atoms with van der Waals surface area (Å²) in [4.78, 5) is 20.7. The van der Waals surface area contributed by atoms with Crippen molar-refractivity contribution in [3.63, 3.8) is 0 Å².